The van der Waals surface area contributed by atoms with E-state index < -0.39 is 5.82 Å². The lowest BCUT2D eigenvalue weighted by atomic mass is 10.1. The molecule has 0 fully saturated rings. The van der Waals surface area contributed by atoms with Gasteiger partial charge in [-0.1, -0.05) is 18.2 Å². The molecule has 2 rings (SSSR count). The van der Waals surface area contributed by atoms with E-state index in [0.29, 0.717) is 5.56 Å². The SMILES string of the molecule is OCc1cccc(F)c1OC1C=CCCC1. The number of halogens is 1. The first-order chi connectivity index (χ1) is 7.81. The molecule has 0 bridgehead atoms. The molecule has 0 spiro atoms. The monoisotopic (exact) mass is 222 g/mol. The van der Waals surface area contributed by atoms with E-state index in [0.717, 1.165) is 19.3 Å². The summed E-state index contributed by atoms with van der Waals surface area (Å²) in [5.74, 6) is -0.230. The largest absolute Gasteiger partial charge is 0.483 e. The highest BCUT2D eigenvalue weighted by atomic mass is 19.1. The highest BCUT2D eigenvalue weighted by Gasteiger charge is 2.15. The second-order valence-electron chi connectivity index (χ2n) is 3.90. The first-order valence-corrected chi connectivity index (χ1v) is 5.53. The third kappa shape index (κ3) is 2.42. The van der Waals surface area contributed by atoms with E-state index in [-0.39, 0.29) is 18.5 Å². The van der Waals surface area contributed by atoms with E-state index in [4.69, 9.17) is 9.84 Å². The van der Waals surface area contributed by atoms with Crippen molar-refractivity contribution in [1.29, 1.82) is 0 Å². The minimum Gasteiger partial charge on any atom is -0.483 e. The molecule has 0 aliphatic heterocycles. The van der Waals surface area contributed by atoms with Crippen molar-refractivity contribution < 1.29 is 14.2 Å². The lowest BCUT2D eigenvalue weighted by Gasteiger charge is -2.20. The van der Waals surface area contributed by atoms with Crippen LogP contribution in [0.25, 0.3) is 0 Å². The number of benzene rings is 1. The summed E-state index contributed by atoms with van der Waals surface area (Å²) in [5.41, 5.74) is 0.499. The Morgan fingerprint density at radius 3 is 3.00 bits per heavy atom. The minimum atomic E-state index is -0.412. The number of hydrogen-bond acceptors (Lipinski definition) is 2. The van der Waals surface area contributed by atoms with Crippen LogP contribution in [0.15, 0.2) is 30.4 Å². The van der Waals surface area contributed by atoms with E-state index in [1.807, 2.05) is 12.2 Å². The molecule has 1 aliphatic rings. The van der Waals surface area contributed by atoms with Crippen LogP contribution in [-0.2, 0) is 6.61 Å². The summed E-state index contributed by atoms with van der Waals surface area (Å²) < 4.78 is 19.1. The molecular weight excluding hydrogens is 207 g/mol. The van der Waals surface area contributed by atoms with E-state index in [9.17, 15) is 4.39 Å². The normalized spacial score (nSPS) is 19.8. The maximum Gasteiger partial charge on any atom is 0.165 e. The van der Waals surface area contributed by atoms with Crippen LogP contribution in [0.1, 0.15) is 24.8 Å². The van der Waals surface area contributed by atoms with E-state index in [1.165, 1.54) is 6.07 Å². The van der Waals surface area contributed by atoms with Gasteiger partial charge in [0.2, 0.25) is 0 Å². The smallest absolute Gasteiger partial charge is 0.165 e. The summed E-state index contributed by atoms with van der Waals surface area (Å²) in [6, 6.07) is 4.59. The quantitative estimate of drug-likeness (QED) is 0.797. The van der Waals surface area contributed by atoms with Gasteiger partial charge in [0, 0.05) is 5.56 Å². The summed E-state index contributed by atoms with van der Waals surface area (Å²) in [6.07, 6.45) is 6.95. The van der Waals surface area contributed by atoms with Crippen LogP contribution >= 0.6 is 0 Å². The molecule has 0 aromatic heterocycles. The van der Waals surface area contributed by atoms with Crippen LogP contribution in [0.3, 0.4) is 0 Å². The van der Waals surface area contributed by atoms with Crippen molar-refractivity contribution >= 4 is 0 Å². The maximum absolute atomic E-state index is 13.5. The number of allylic oxidation sites excluding steroid dienone is 1. The Morgan fingerprint density at radius 1 is 1.44 bits per heavy atom. The topological polar surface area (TPSA) is 29.5 Å². The van der Waals surface area contributed by atoms with E-state index in [2.05, 4.69) is 0 Å². The maximum atomic E-state index is 13.5. The average molecular weight is 222 g/mol. The Hall–Kier alpha value is -1.35. The van der Waals surface area contributed by atoms with Crippen LogP contribution in [-0.4, -0.2) is 11.2 Å². The number of ether oxygens (including phenoxy) is 1. The van der Waals surface area contributed by atoms with Crippen molar-refractivity contribution in [3.63, 3.8) is 0 Å². The van der Waals surface area contributed by atoms with Crippen LogP contribution in [0, 0.1) is 5.82 Å². The number of aliphatic hydroxyl groups is 1. The van der Waals surface area contributed by atoms with Crippen LogP contribution < -0.4 is 4.74 Å². The van der Waals surface area contributed by atoms with Gasteiger partial charge >= 0.3 is 0 Å². The Morgan fingerprint density at radius 2 is 2.31 bits per heavy atom. The van der Waals surface area contributed by atoms with Crippen molar-refractivity contribution in [1.82, 2.24) is 0 Å². The predicted molar refractivity (Wildman–Crippen MR) is 59.7 cm³/mol. The third-order valence-electron chi connectivity index (χ3n) is 2.70. The molecule has 2 nitrogen and oxygen atoms in total. The number of aliphatic hydroxyl groups excluding tert-OH is 1. The Balaban J connectivity index is 2.19. The van der Waals surface area contributed by atoms with Gasteiger partial charge in [-0.3, -0.25) is 0 Å². The lowest BCUT2D eigenvalue weighted by molar-refractivity contribution is 0.207. The summed E-state index contributed by atoms with van der Waals surface area (Å²) >= 11 is 0. The fraction of sp³-hybridized carbons (Fsp3) is 0.385. The highest BCUT2D eigenvalue weighted by molar-refractivity contribution is 5.34. The molecule has 1 aromatic rings. The van der Waals surface area contributed by atoms with Crippen LogP contribution in [0.4, 0.5) is 4.39 Å². The minimum absolute atomic E-state index is 0.0732. The molecule has 86 valence electrons. The molecule has 1 unspecified atom stereocenters. The average Bonchev–Trinajstić information content (AvgIpc) is 2.33. The number of rotatable bonds is 3. The second-order valence-corrected chi connectivity index (χ2v) is 3.90. The first-order valence-electron chi connectivity index (χ1n) is 5.53. The molecule has 3 heteroatoms. The van der Waals surface area contributed by atoms with Gasteiger partial charge < -0.3 is 9.84 Å². The zero-order valence-electron chi connectivity index (χ0n) is 9.03. The molecule has 0 amide bonds. The molecule has 1 atom stereocenters. The first kappa shape index (κ1) is 11.1. The Bertz CT molecular complexity index is 388. The third-order valence-corrected chi connectivity index (χ3v) is 2.70. The molecule has 1 aliphatic carbocycles. The fourth-order valence-electron chi connectivity index (χ4n) is 1.84. The van der Waals surface area contributed by atoms with Gasteiger partial charge in [0.15, 0.2) is 11.6 Å². The van der Waals surface area contributed by atoms with Gasteiger partial charge in [-0.25, -0.2) is 4.39 Å². The standard InChI is InChI=1S/C13H15FO2/c14-12-8-4-5-10(9-15)13(12)16-11-6-2-1-3-7-11/h2,4-6,8,11,15H,1,3,7,9H2. The summed E-state index contributed by atoms with van der Waals surface area (Å²) in [4.78, 5) is 0. The van der Waals surface area contributed by atoms with E-state index in [1.54, 1.807) is 12.1 Å². The van der Waals surface area contributed by atoms with E-state index >= 15 is 0 Å². The molecule has 0 saturated heterocycles. The van der Waals surface area contributed by atoms with Gasteiger partial charge in [0.25, 0.3) is 0 Å². The predicted octanol–water partition coefficient (Wildman–Crippen LogP) is 2.81. The fourth-order valence-corrected chi connectivity index (χ4v) is 1.84. The van der Waals surface area contributed by atoms with Crippen LogP contribution in [0.5, 0.6) is 5.75 Å². The Labute approximate surface area is 94.4 Å². The van der Waals surface area contributed by atoms with Gasteiger partial charge in [-0.15, -0.1) is 0 Å². The molecule has 1 N–H and O–H groups in total. The lowest BCUT2D eigenvalue weighted by Crippen LogP contribution is -2.17. The molecule has 0 saturated carbocycles. The number of para-hydroxylation sites is 1. The summed E-state index contributed by atoms with van der Waals surface area (Å²) in [7, 11) is 0. The zero-order chi connectivity index (χ0) is 11.4. The van der Waals surface area contributed by atoms with Crippen LogP contribution in [0.2, 0.25) is 0 Å². The van der Waals surface area contributed by atoms with Crippen molar-refractivity contribution in [3.05, 3.63) is 41.7 Å². The van der Waals surface area contributed by atoms with Gasteiger partial charge in [0.05, 0.1) is 6.61 Å². The number of hydrogen-bond donors (Lipinski definition) is 1. The van der Waals surface area contributed by atoms with Crippen molar-refractivity contribution in [2.75, 3.05) is 0 Å². The summed E-state index contributed by atoms with van der Waals surface area (Å²) in [6.45, 7) is -0.205. The molecular formula is C13H15FO2. The van der Waals surface area contributed by atoms with Crippen molar-refractivity contribution in [2.45, 2.75) is 32.0 Å². The molecule has 1 aromatic carbocycles. The molecule has 0 radical (unpaired) electrons. The van der Waals surface area contributed by atoms with Gasteiger partial charge in [0.1, 0.15) is 6.10 Å². The Kier molecular flexibility index (Phi) is 3.57. The van der Waals surface area contributed by atoms with Gasteiger partial charge in [-0.05, 0) is 31.4 Å². The molecule has 16 heavy (non-hydrogen) atoms. The summed E-state index contributed by atoms with van der Waals surface area (Å²) in [5, 5.41) is 9.11. The zero-order valence-corrected chi connectivity index (χ0v) is 9.03. The van der Waals surface area contributed by atoms with Crippen molar-refractivity contribution in [3.8, 4) is 5.75 Å². The molecule has 0 heterocycles. The second kappa shape index (κ2) is 5.12. The van der Waals surface area contributed by atoms with Gasteiger partial charge in [-0.2, -0.15) is 0 Å². The van der Waals surface area contributed by atoms with Crippen molar-refractivity contribution in [2.24, 2.45) is 0 Å². The highest BCUT2D eigenvalue weighted by Crippen LogP contribution is 2.26.